The Morgan fingerprint density at radius 2 is 1.59 bits per heavy atom. The van der Waals surface area contributed by atoms with E-state index in [0.717, 1.165) is 39.2 Å². The fraction of sp³-hybridized carbons (Fsp3) is 0.143. The Morgan fingerprint density at radius 1 is 0.875 bits per heavy atom. The predicted molar refractivity (Wildman–Crippen MR) is 127 cm³/mol. The molecular weight excluding hydrogens is 396 g/mol. The number of hydrogen-bond donors (Lipinski definition) is 0. The van der Waals surface area contributed by atoms with Crippen LogP contribution >= 0.6 is 0 Å². The highest BCUT2D eigenvalue weighted by molar-refractivity contribution is 6.14. The lowest BCUT2D eigenvalue weighted by Crippen LogP contribution is -1.99. The number of carbonyl (C=O) groups is 1. The second-order valence-corrected chi connectivity index (χ2v) is 8.43. The van der Waals surface area contributed by atoms with Crippen LogP contribution in [0.2, 0.25) is 0 Å². The van der Waals surface area contributed by atoms with Gasteiger partial charge in [-0.3, -0.25) is 4.79 Å². The Hall–Kier alpha value is -3.92. The van der Waals surface area contributed by atoms with Crippen LogP contribution in [-0.4, -0.2) is 15.6 Å². The van der Waals surface area contributed by atoms with Crippen molar-refractivity contribution in [3.8, 4) is 22.7 Å². The molecule has 2 heterocycles. The van der Waals surface area contributed by atoms with Crippen LogP contribution in [0.25, 0.3) is 23.0 Å². The molecule has 4 aromatic rings. The summed E-state index contributed by atoms with van der Waals surface area (Å²) in [5.41, 5.74) is 8.87. The van der Waals surface area contributed by atoms with Gasteiger partial charge in [-0.25, -0.2) is 4.68 Å². The lowest BCUT2D eigenvalue weighted by atomic mass is 9.95. The lowest BCUT2D eigenvalue weighted by Gasteiger charge is -2.10. The van der Waals surface area contributed by atoms with Crippen molar-refractivity contribution in [2.24, 2.45) is 0 Å². The van der Waals surface area contributed by atoms with Crippen LogP contribution in [0.4, 0.5) is 0 Å². The van der Waals surface area contributed by atoms with Crippen LogP contribution in [0.3, 0.4) is 0 Å². The first-order valence-corrected chi connectivity index (χ1v) is 10.7. The van der Waals surface area contributed by atoms with E-state index >= 15 is 0 Å². The standard InChI is InChI=1S/C28H24N2O2/c1-17-10-11-24-23(14-17)28(31)25(32-24)15-21-16-30(22-8-6-5-7-9-22)29-27(21)26-19(3)12-18(2)13-20(26)4/h5-16H,1-4H3/b25-15-. The molecule has 1 aliphatic heterocycles. The van der Waals surface area contributed by atoms with Crippen molar-refractivity contribution in [2.45, 2.75) is 27.7 Å². The van der Waals surface area contributed by atoms with E-state index in [1.807, 2.05) is 72.4 Å². The summed E-state index contributed by atoms with van der Waals surface area (Å²) in [6.45, 7) is 8.27. The maximum atomic E-state index is 13.0. The number of ketones is 1. The number of ether oxygens (including phenoxy) is 1. The Morgan fingerprint density at radius 3 is 2.31 bits per heavy atom. The monoisotopic (exact) mass is 420 g/mol. The molecule has 0 bridgehead atoms. The summed E-state index contributed by atoms with van der Waals surface area (Å²) in [5.74, 6) is 0.827. The molecule has 4 heteroatoms. The maximum Gasteiger partial charge on any atom is 0.231 e. The van der Waals surface area contributed by atoms with E-state index < -0.39 is 0 Å². The molecule has 0 amide bonds. The molecule has 0 aliphatic carbocycles. The van der Waals surface area contributed by atoms with Gasteiger partial charge in [0, 0.05) is 17.3 Å². The quantitative estimate of drug-likeness (QED) is 0.361. The molecule has 3 aromatic carbocycles. The first-order valence-electron chi connectivity index (χ1n) is 10.7. The minimum Gasteiger partial charge on any atom is -0.452 e. The summed E-state index contributed by atoms with van der Waals surface area (Å²) in [6.07, 6.45) is 3.78. The molecule has 0 spiro atoms. The normalized spacial score (nSPS) is 14.0. The van der Waals surface area contributed by atoms with Gasteiger partial charge in [0.1, 0.15) is 11.4 Å². The number of para-hydroxylation sites is 1. The molecule has 0 N–H and O–H groups in total. The van der Waals surface area contributed by atoms with Crippen molar-refractivity contribution in [1.82, 2.24) is 9.78 Å². The third kappa shape index (κ3) is 3.44. The SMILES string of the molecule is Cc1cc(C)c(-c2nn(-c3ccccc3)cc2/C=C2\Oc3ccc(C)cc3C2=O)c(C)c1. The fourth-order valence-corrected chi connectivity index (χ4v) is 4.40. The summed E-state index contributed by atoms with van der Waals surface area (Å²) >= 11 is 0. The molecule has 32 heavy (non-hydrogen) atoms. The Kier molecular flexibility index (Phi) is 4.78. The molecule has 0 fully saturated rings. The van der Waals surface area contributed by atoms with Crippen molar-refractivity contribution in [1.29, 1.82) is 0 Å². The summed E-state index contributed by atoms with van der Waals surface area (Å²) in [5, 5.41) is 4.94. The van der Waals surface area contributed by atoms with E-state index in [1.165, 1.54) is 5.56 Å². The number of fused-ring (bicyclic) bond motifs is 1. The first-order chi connectivity index (χ1) is 15.4. The zero-order chi connectivity index (χ0) is 22.4. The van der Waals surface area contributed by atoms with Crippen molar-refractivity contribution >= 4 is 11.9 Å². The molecule has 5 rings (SSSR count). The van der Waals surface area contributed by atoms with Gasteiger partial charge in [-0.05, 0) is 69.2 Å². The Labute approximate surface area is 187 Å². The summed E-state index contributed by atoms with van der Waals surface area (Å²) in [4.78, 5) is 13.0. The third-order valence-electron chi connectivity index (χ3n) is 5.79. The topological polar surface area (TPSA) is 44.1 Å². The van der Waals surface area contributed by atoms with Gasteiger partial charge in [0.2, 0.25) is 5.78 Å². The van der Waals surface area contributed by atoms with Crippen LogP contribution in [0.5, 0.6) is 5.75 Å². The molecule has 0 unspecified atom stereocenters. The van der Waals surface area contributed by atoms with E-state index in [4.69, 9.17) is 9.84 Å². The number of rotatable bonds is 3. The summed E-state index contributed by atoms with van der Waals surface area (Å²) in [7, 11) is 0. The number of aromatic nitrogens is 2. The number of carbonyl (C=O) groups excluding carboxylic acids is 1. The zero-order valence-electron chi connectivity index (χ0n) is 18.6. The predicted octanol–water partition coefficient (Wildman–Crippen LogP) is 6.39. The first kappa shape index (κ1) is 20.0. The van der Waals surface area contributed by atoms with Gasteiger partial charge in [0.25, 0.3) is 0 Å². The van der Waals surface area contributed by atoms with E-state index in [1.54, 1.807) is 0 Å². The summed E-state index contributed by atoms with van der Waals surface area (Å²) in [6, 6.07) is 20.0. The van der Waals surface area contributed by atoms with Gasteiger partial charge < -0.3 is 4.74 Å². The van der Waals surface area contributed by atoms with Crippen LogP contribution in [0, 0.1) is 27.7 Å². The lowest BCUT2D eigenvalue weighted by molar-refractivity contribution is 0.101. The van der Waals surface area contributed by atoms with Crippen LogP contribution in [0.1, 0.15) is 38.2 Å². The second-order valence-electron chi connectivity index (χ2n) is 8.43. The van der Waals surface area contributed by atoms with Gasteiger partial charge in [0.05, 0.1) is 11.3 Å². The van der Waals surface area contributed by atoms with Gasteiger partial charge in [-0.15, -0.1) is 0 Å². The summed E-state index contributed by atoms with van der Waals surface area (Å²) < 4.78 is 7.80. The Bertz CT molecular complexity index is 1370. The zero-order valence-corrected chi connectivity index (χ0v) is 18.6. The van der Waals surface area contributed by atoms with Gasteiger partial charge >= 0.3 is 0 Å². The van der Waals surface area contributed by atoms with Gasteiger partial charge in [-0.2, -0.15) is 5.10 Å². The number of benzene rings is 3. The minimum absolute atomic E-state index is 0.0977. The van der Waals surface area contributed by atoms with E-state index in [2.05, 4.69) is 32.9 Å². The van der Waals surface area contributed by atoms with Crippen molar-refractivity contribution in [3.05, 3.63) is 106 Å². The molecule has 4 nitrogen and oxygen atoms in total. The molecule has 1 aromatic heterocycles. The molecule has 0 atom stereocenters. The molecular formula is C28H24N2O2. The largest absolute Gasteiger partial charge is 0.452 e. The second kappa shape index (κ2) is 7.65. The number of Topliss-reactive ketones (excluding diaryl/α,β-unsaturated/α-hetero) is 1. The maximum absolute atomic E-state index is 13.0. The number of nitrogens with zero attached hydrogens (tertiary/aromatic N) is 2. The van der Waals surface area contributed by atoms with E-state index in [9.17, 15) is 4.79 Å². The van der Waals surface area contributed by atoms with Crippen molar-refractivity contribution in [3.63, 3.8) is 0 Å². The molecule has 1 aliphatic rings. The highest BCUT2D eigenvalue weighted by atomic mass is 16.5. The van der Waals surface area contributed by atoms with Gasteiger partial charge in [-0.1, -0.05) is 47.5 Å². The van der Waals surface area contributed by atoms with Crippen molar-refractivity contribution in [2.75, 3.05) is 0 Å². The minimum atomic E-state index is -0.0977. The van der Waals surface area contributed by atoms with Crippen LogP contribution in [0.15, 0.2) is 72.6 Å². The Balaban J connectivity index is 1.68. The molecule has 0 radical (unpaired) electrons. The number of aryl methyl sites for hydroxylation is 4. The fourth-order valence-electron chi connectivity index (χ4n) is 4.40. The number of hydrogen-bond acceptors (Lipinski definition) is 3. The molecule has 0 saturated heterocycles. The van der Waals surface area contributed by atoms with E-state index in [-0.39, 0.29) is 5.78 Å². The van der Waals surface area contributed by atoms with Crippen LogP contribution in [-0.2, 0) is 0 Å². The third-order valence-corrected chi connectivity index (χ3v) is 5.79. The number of allylic oxidation sites excluding steroid dienone is 1. The van der Waals surface area contributed by atoms with Gasteiger partial charge in [0.15, 0.2) is 5.76 Å². The molecule has 158 valence electrons. The van der Waals surface area contributed by atoms with E-state index in [0.29, 0.717) is 17.1 Å². The van der Waals surface area contributed by atoms with Crippen molar-refractivity contribution < 1.29 is 9.53 Å². The highest BCUT2D eigenvalue weighted by Gasteiger charge is 2.28. The molecule has 0 saturated carbocycles. The average Bonchev–Trinajstić information content (AvgIpc) is 3.30. The highest BCUT2D eigenvalue weighted by Crippen LogP contribution is 2.36. The van der Waals surface area contributed by atoms with Crippen LogP contribution < -0.4 is 4.74 Å². The average molecular weight is 421 g/mol. The smallest absolute Gasteiger partial charge is 0.231 e.